The van der Waals surface area contributed by atoms with Crippen molar-refractivity contribution >= 4 is 5.91 Å². The zero-order valence-electron chi connectivity index (χ0n) is 10.1. The van der Waals surface area contributed by atoms with Crippen molar-refractivity contribution in [3.8, 4) is 0 Å². The molecule has 1 aromatic rings. The Balaban J connectivity index is 2.04. The lowest BCUT2D eigenvalue weighted by Crippen LogP contribution is -2.39. The summed E-state index contributed by atoms with van der Waals surface area (Å²) in [6.45, 7) is 3.57. The van der Waals surface area contributed by atoms with E-state index in [0.29, 0.717) is 11.6 Å². The number of hydrogen-bond acceptors (Lipinski definition) is 3. The van der Waals surface area contributed by atoms with E-state index in [2.05, 4.69) is 4.98 Å². The quantitative estimate of drug-likeness (QED) is 0.837. The molecule has 0 bridgehead atoms. The molecular weight excluding hydrogens is 216 g/mol. The first kappa shape index (κ1) is 12.0. The number of aromatic nitrogens is 1. The number of rotatable bonds is 2. The van der Waals surface area contributed by atoms with Crippen LogP contribution in [0.2, 0.25) is 0 Å². The highest BCUT2D eigenvalue weighted by atomic mass is 16.3. The molecule has 0 atom stereocenters. The minimum absolute atomic E-state index is 0.0134. The molecule has 0 unspecified atom stereocenters. The third-order valence-electron chi connectivity index (χ3n) is 3.37. The Morgan fingerprint density at radius 3 is 2.82 bits per heavy atom. The molecule has 1 amide bonds. The average molecular weight is 234 g/mol. The van der Waals surface area contributed by atoms with E-state index in [1.165, 1.54) is 0 Å². The van der Waals surface area contributed by atoms with Crippen LogP contribution in [0.3, 0.4) is 0 Å². The predicted octanol–water partition coefficient (Wildman–Crippen LogP) is 1.23. The Kier molecular flexibility index (Phi) is 3.74. The fraction of sp³-hybridized carbons (Fsp3) is 0.538. The third kappa shape index (κ3) is 2.64. The van der Waals surface area contributed by atoms with Crippen molar-refractivity contribution < 1.29 is 9.90 Å². The molecule has 1 saturated heterocycles. The molecule has 17 heavy (non-hydrogen) atoms. The number of pyridine rings is 1. The molecule has 1 aliphatic heterocycles. The number of piperidine rings is 1. The number of aliphatic hydroxyl groups is 1. The summed E-state index contributed by atoms with van der Waals surface area (Å²) in [5, 5.41) is 9.06. The minimum atomic E-state index is 0.0134. The number of aryl methyl sites for hydroxylation is 1. The zero-order chi connectivity index (χ0) is 12.3. The largest absolute Gasteiger partial charge is 0.396 e. The first-order valence-corrected chi connectivity index (χ1v) is 6.04. The van der Waals surface area contributed by atoms with E-state index in [1.807, 2.05) is 24.0 Å². The molecule has 0 saturated carbocycles. The number of aliphatic hydroxyl groups excluding tert-OH is 1. The zero-order valence-corrected chi connectivity index (χ0v) is 10.1. The molecular formula is C13H18N2O2. The molecule has 92 valence electrons. The van der Waals surface area contributed by atoms with Crippen LogP contribution in [0.5, 0.6) is 0 Å². The molecule has 2 rings (SSSR count). The first-order chi connectivity index (χ1) is 8.22. The Bertz CT molecular complexity index is 398. The van der Waals surface area contributed by atoms with Gasteiger partial charge in [-0.2, -0.15) is 0 Å². The van der Waals surface area contributed by atoms with Gasteiger partial charge in [0.05, 0.1) is 0 Å². The number of carbonyl (C=O) groups is 1. The van der Waals surface area contributed by atoms with Crippen LogP contribution >= 0.6 is 0 Å². The minimum Gasteiger partial charge on any atom is -0.396 e. The molecule has 1 N–H and O–H groups in total. The molecule has 4 heteroatoms. The van der Waals surface area contributed by atoms with Crippen LogP contribution in [0.15, 0.2) is 18.3 Å². The highest BCUT2D eigenvalue weighted by Crippen LogP contribution is 2.18. The summed E-state index contributed by atoms with van der Waals surface area (Å²) in [6, 6.07) is 3.74. The van der Waals surface area contributed by atoms with Gasteiger partial charge in [-0.05, 0) is 37.3 Å². The molecule has 4 nitrogen and oxygen atoms in total. The van der Waals surface area contributed by atoms with Gasteiger partial charge in [-0.15, -0.1) is 0 Å². The molecule has 0 aromatic carbocycles. The van der Waals surface area contributed by atoms with Gasteiger partial charge < -0.3 is 10.0 Å². The maximum absolute atomic E-state index is 12.2. The van der Waals surface area contributed by atoms with E-state index in [1.54, 1.807) is 6.20 Å². The topological polar surface area (TPSA) is 53.4 Å². The van der Waals surface area contributed by atoms with Gasteiger partial charge in [0, 0.05) is 25.9 Å². The summed E-state index contributed by atoms with van der Waals surface area (Å²) in [5.41, 5.74) is 1.47. The van der Waals surface area contributed by atoms with Crippen LogP contribution < -0.4 is 0 Å². The van der Waals surface area contributed by atoms with Crippen LogP contribution in [-0.2, 0) is 0 Å². The van der Waals surface area contributed by atoms with Crippen molar-refractivity contribution in [2.24, 2.45) is 5.92 Å². The monoisotopic (exact) mass is 234 g/mol. The maximum atomic E-state index is 12.2. The van der Waals surface area contributed by atoms with Crippen LogP contribution in [0.25, 0.3) is 0 Å². The SMILES string of the molecule is Cc1cccnc1C(=O)N1CCC(CO)CC1. The number of carbonyl (C=O) groups excluding carboxylic acids is 1. The number of nitrogens with zero attached hydrogens (tertiary/aromatic N) is 2. The predicted molar refractivity (Wildman–Crippen MR) is 64.7 cm³/mol. The summed E-state index contributed by atoms with van der Waals surface area (Å²) in [5.74, 6) is 0.364. The molecule has 1 fully saturated rings. The molecule has 2 heterocycles. The van der Waals surface area contributed by atoms with E-state index in [9.17, 15) is 4.79 Å². The fourth-order valence-corrected chi connectivity index (χ4v) is 2.18. The second-order valence-corrected chi connectivity index (χ2v) is 4.59. The number of likely N-dealkylation sites (tertiary alicyclic amines) is 1. The van der Waals surface area contributed by atoms with Gasteiger partial charge in [0.1, 0.15) is 5.69 Å². The lowest BCUT2D eigenvalue weighted by molar-refractivity contribution is 0.0644. The third-order valence-corrected chi connectivity index (χ3v) is 3.37. The van der Waals surface area contributed by atoms with Gasteiger partial charge in [0.25, 0.3) is 5.91 Å². The summed E-state index contributed by atoms with van der Waals surface area (Å²) < 4.78 is 0. The Morgan fingerprint density at radius 2 is 2.24 bits per heavy atom. The normalized spacial score (nSPS) is 17.2. The highest BCUT2D eigenvalue weighted by Gasteiger charge is 2.24. The molecule has 0 spiro atoms. The molecule has 0 radical (unpaired) electrons. The molecule has 1 aromatic heterocycles. The van der Waals surface area contributed by atoms with Gasteiger partial charge in [0.2, 0.25) is 0 Å². The van der Waals surface area contributed by atoms with Crippen molar-refractivity contribution in [1.29, 1.82) is 0 Å². The van der Waals surface area contributed by atoms with Crippen molar-refractivity contribution in [3.05, 3.63) is 29.6 Å². The second-order valence-electron chi connectivity index (χ2n) is 4.59. The van der Waals surface area contributed by atoms with Crippen LogP contribution in [0.4, 0.5) is 0 Å². The maximum Gasteiger partial charge on any atom is 0.272 e. The number of hydrogen-bond donors (Lipinski definition) is 1. The summed E-state index contributed by atoms with van der Waals surface area (Å²) in [7, 11) is 0. The van der Waals surface area contributed by atoms with Crippen molar-refractivity contribution in [1.82, 2.24) is 9.88 Å². The lowest BCUT2D eigenvalue weighted by Gasteiger charge is -2.31. The second kappa shape index (κ2) is 5.27. The standard InChI is InChI=1S/C13H18N2O2/c1-10-3-2-6-14-12(10)13(17)15-7-4-11(9-16)5-8-15/h2-3,6,11,16H,4-5,7-9H2,1H3. The molecule has 1 aliphatic rings. The summed E-state index contributed by atoms with van der Waals surface area (Å²) >= 11 is 0. The van der Waals surface area contributed by atoms with E-state index in [0.717, 1.165) is 31.5 Å². The highest BCUT2D eigenvalue weighted by molar-refractivity contribution is 5.93. The lowest BCUT2D eigenvalue weighted by atomic mass is 9.97. The first-order valence-electron chi connectivity index (χ1n) is 6.04. The van der Waals surface area contributed by atoms with Crippen molar-refractivity contribution in [3.63, 3.8) is 0 Å². The van der Waals surface area contributed by atoms with Gasteiger partial charge >= 0.3 is 0 Å². The molecule has 0 aliphatic carbocycles. The Labute approximate surface area is 101 Å². The summed E-state index contributed by atoms with van der Waals surface area (Å²) in [4.78, 5) is 18.2. The Morgan fingerprint density at radius 1 is 1.53 bits per heavy atom. The van der Waals surface area contributed by atoms with E-state index < -0.39 is 0 Å². The van der Waals surface area contributed by atoms with Gasteiger partial charge in [-0.1, -0.05) is 6.07 Å². The van der Waals surface area contributed by atoms with Gasteiger partial charge in [0.15, 0.2) is 0 Å². The van der Waals surface area contributed by atoms with E-state index >= 15 is 0 Å². The van der Waals surface area contributed by atoms with Crippen molar-refractivity contribution in [2.75, 3.05) is 19.7 Å². The Hall–Kier alpha value is -1.42. The average Bonchev–Trinajstić information content (AvgIpc) is 2.39. The number of amides is 1. The van der Waals surface area contributed by atoms with Gasteiger partial charge in [-0.25, -0.2) is 0 Å². The van der Waals surface area contributed by atoms with Crippen LogP contribution in [-0.4, -0.2) is 40.6 Å². The van der Waals surface area contributed by atoms with E-state index in [4.69, 9.17) is 5.11 Å². The van der Waals surface area contributed by atoms with Gasteiger partial charge in [-0.3, -0.25) is 9.78 Å². The van der Waals surface area contributed by atoms with E-state index in [-0.39, 0.29) is 12.5 Å². The van der Waals surface area contributed by atoms with Crippen molar-refractivity contribution in [2.45, 2.75) is 19.8 Å². The fourth-order valence-electron chi connectivity index (χ4n) is 2.18. The smallest absolute Gasteiger partial charge is 0.272 e. The van der Waals surface area contributed by atoms with Crippen LogP contribution in [0.1, 0.15) is 28.9 Å². The van der Waals surface area contributed by atoms with Crippen LogP contribution in [0, 0.1) is 12.8 Å². The summed E-state index contributed by atoms with van der Waals surface area (Å²) in [6.07, 6.45) is 3.42.